The number of amides is 1. The van der Waals surface area contributed by atoms with Crippen LogP contribution in [0.3, 0.4) is 0 Å². The third-order valence-corrected chi connectivity index (χ3v) is 7.94. The second kappa shape index (κ2) is 11.0. The standard InChI is InChI=1S/C24H32N2O5S/c1-19-8-9-20(2)22(16-19)17-31-23-10-13-25(14-11-23)32(29,30)15-12-24(26(28)18-27)21-6-4-3-5-7-21/h3-9,16,18,23-24,28H,10-15,17H2,1-2H3. The van der Waals surface area contributed by atoms with Crippen molar-refractivity contribution in [2.24, 2.45) is 0 Å². The van der Waals surface area contributed by atoms with E-state index < -0.39 is 16.1 Å². The molecule has 1 fully saturated rings. The average Bonchev–Trinajstić information content (AvgIpc) is 2.80. The Morgan fingerprint density at radius 2 is 1.84 bits per heavy atom. The van der Waals surface area contributed by atoms with Crippen LogP contribution in [0.2, 0.25) is 0 Å². The zero-order valence-electron chi connectivity index (χ0n) is 18.7. The summed E-state index contributed by atoms with van der Waals surface area (Å²) in [5.41, 5.74) is 4.24. The molecule has 0 bridgehead atoms. The van der Waals surface area contributed by atoms with Crippen LogP contribution < -0.4 is 0 Å². The first-order chi connectivity index (χ1) is 15.3. The first kappa shape index (κ1) is 24.4. The maximum atomic E-state index is 12.9. The second-order valence-electron chi connectivity index (χ2n) is 8.36. The second-order valence-corrected chi connectivity index (χ2v) is 10.4. The molecule has 2 aromatic carbocycles. The number of sulfonamides is 1. The van der Waals surface area contributed by atoms with Gasteiger partial charge in [-0.05, 0) is 49.8 Å². The summed E-state index contributed by atoms with van der Waals surface area (Å²) in [7, 11) is -3.51. The van der Waals surface area contributed by atoms with E-state index in [1.54, 1.807) is 24.3 Å². The minimum absolute atomic E-state index is 0.0291. The van der Waals surface area contributed by atoms with Crippen LogP contribution in [-0.2, 0) is 26.2 Å². The van der Waals surface area contributed by atoms with Gasteiger partial charge in [0.2, 0.25) is 16.4 Å². The quantitative estimate of drug-likeness (QED) is 0.333. The van der Waals surface area contributed by atoms with Gasteiger partial charge in [0.1, 0.15) is 0 Å². The van der Waals surface area contributed by atoms with Crippen LogP contribution in [0.25, 0.3) is 0 Å². The van der Waals surface area contributed by atoms with Crippen molar-refractivity contribution in [2.75, 3.05) is 18.8 Å². The monoisotopic (exact) mass is 460 g/mol. The number of benzene rings is 2. The number of ether oxygens (including phenoxy) is 1. The predicted molar refractivity (Wildman–Crippen MR) is 123 cm³/mol. The van der Waals surface area contributed by atoms with Gasteiger partial charge in [0, 0.05) is 13.1 Å². The molecule has 1 unspecified atom stereocenters. The fourth-order valence-electron chi connectivity index (χ4n) is 4.03. The molecular formula is C24H32N2O5S. The maximum Gasteiger partial charge on any atom is 0.233 e. The van der Waals surface area contributed by atoms with Crippen molar-refractivity contribution in [2.45, 2.75) is 51.9 Å². The van der Waals surface area contributed by atoms with Gasteiger partial charge < -0.3 is 4.74 Å². The molecule has 0 saturated carbocycles. The summed E-state index contributed by atoms with van der Waals surface area (Å²) in [4.78, 5) is 11.1. The van der Waals surface area contributed by atoms with Crippen molar-refractivity contribution in [1.82, 2.24) is 9.37 Å². The minimum atomic E-state index is -3.51. The first-order valence-electron chi connectivity index (χ1n) is 10.9. The summed E-state index contributed by atoms with van der Waals surface area (Å²) >= 11 is 0. The number of hydrogen-bond donors (Lipinski definition) is 1. The number of aryl methyl sites for hydroxylation is 2. The summed E-state index contributed by atoms with van der Waals surface area (Å²) in [6.07, 6.45) is 1.74. The lowest BCUT2D eigenvalue weighted by atomic mass is 10.0. The van der Waals surface area contributed by atoms with Crippen LogP contribution >= 0.6 is 0 Å². The highest BCUT2D eigenvalue weighted by Gasteiger charge is 2.30. The number of carbonyl (C=O) groups excluding carboxylic acids is 1. The van der Waals surface area contributed by atoms with Gasteiger partial charge in [0.05, 0.1) is 24.5 Å². The van der Waals surface area contributed by atoms with Gasteiger partial charge in [-0.25, -0.2) is 17.8 Å². The zero-order valence-corrected chi connectivity index (χ0v) is 19.5. The lowest BCUT2D eigenvalue weighted by Crippen LogP contribution is -2.42. The largest absolute Gasteiger partial charge is 0.373 e. The summed E-state index contributed by atoms with van der Waals surface area (Å²) in [5.74, 6) is -0.147. The Hall–Kier alpha value is -2.26. The van der Waals surface area contributed by atoms with E-state index in [-0.39, 0.29) is 18.3 Å². The van der Waals surface area contributed by atoms with Crippen LogP contribution in [0.4, 0.5) is 0 Å². The van der Waals surface area contributed by atoms with E-state index in [0.29, 0.717) is 49.6 Å². The fourth-order valence-corrected chi connectivity index (χ4v) is 5.58. The zero-order chi connectivity index (χ0) is 23.1. The average molecular weight is 461 g/mol. The van der Waals surface area contributed by atoms with Crippen LogP contribution in [0.5, 0.6) is 0 Å². The van der Waals surface area contributed by atoms with Gasteiger partial charge >= 0.3 is 0 Å². The minimum Gasteiger partial charge on any atom is -0.373 e. The summed E-state index contributed by atoms with van der Waals surface area (Å²) in [5, 5.41) is 10.5. The molecule has 0 aliphatic carbocycles. The Morgan fingerprint density at radius 3 is 2.50 bits per heavy atom. The molecule has 1 aliphatic heterocycles. The van der Waals surface area contributed by atoms with Crippen LogP contribution in [0, 0.1) is 13.8 Å². The molecule has 0 spiro atoms. The van der Waals surface area contributed by atoms with Crippen LogP contribution in [0.1, 0.15) is 47.6 Å². The molecule has 1 N–H and O–H groups in total. The highest BCUT2D eigenvalue weighted by Crippen LogP contribution is 2.25. The predicted octanol–water partition coefficient (Wildman–Crippen LogP) is 3.59. The Bertz CT molecular complexity index is 989. The molecule has 32 heavy (non-hydrogen) atoms. The Kier molecular flexibility index (Phi) is 8.42. The highest BCUT2D eigenvalue weighted by molar-refractivity contribution is 7.89. The first-order valence-corrected chi connectivity index (χ1v) is 12.5. The number of hydroxylamine groups is 2. The molecule has 8 heteroatoms. The molecule has 1 amide bonds. The lowest BCUT2D eigenvalue weighted by molar-refractivity contribution is -0.161. The molecule has 1 heterocycles. The normalized spacial score (nSPS) is 16.6. The van der Waals surface area contributed by atoms with Crippen LogP contribution in [-0.4, -0.2) is 54.3 Å². The van der Waals surface area contributed by atoms with E-state index in [1.165, 1.54) is 15.4 Å². The SMILES string of the molecule is Cc1ccc(C)c(COC2CCN(S(=O)(=O)CCC(c3ccccc3)N(O)C=O)CC2)c1. The third kappa shape index (κ3) is 6.38. The van der Waals surface area contributed by atoms with Crippen molar-refractivity contribution in [3.05, 3.63) is 70.8 Å². The molecule has 1 atom stereocenters. The number of piperidine rings is 1. The van der Waals surface area contributed by atoms with Gasteiger partial charge in [-0.1, -0.05) is 54.1 Å². The summed E-state index contributed by atoms with van der Waals surface area (Å²) in [6.45, 7) is 5.47. The smallest absolute Gasteiger partial charge is 0.233 e. The molecule has 0 aromatic heterocycles. The molecule has 2 aromatic rings. The highest BCUT2D eigenvalue weighted by atomic mass is 32.2. The third-order valence-electron chi connectivity index (χ3n) is 6.03. The number of carbonyl (C=O) groups is 1. The van der Waals surface area contributed by atoms with Crippen molar-refractivity contribution < 1.29 is 23.2 Å². The molecule has 7 nitrogen and oxygen atoms in total. The van der Waals surface area contributed by atoms with Crippen molar-refractivity contribution in [3.63, 3.8) is 0 Å². The molecule has 1 saturated heterocycles. The Morgan fingerprint density at radius 1 is 1.16 bits per heavy atom. The molecular weight excluding hydrogens is 428 g/mol. The topological polar surface area (TPSA) is 87.2 Å². The van der Waals surface area contributed by atoms with E-state index in [2.05, 4.69) is 32.0 Å². The molecule has 0 radical (unpaired) electrons. The van der Waals surface area contributed by atoms with E-state index in [0.717, 1.165) is 5.56 Å². The fraction of sp³-hybridized carbons (Fsp3) is 0.458. The summed E-state index contributed by atoms with van der Waals surface area (Å²) in [6, 6.07) is 14.5. The molecule has 3 rings (SSSR count). The van der Waals surface area contributed by atoms with Gasteiger partial charge in [-0.15, -0.1) is 0 Å². The number of nitrogens with zero attached hydrogens (tertiary/aromatic N) is 2. The van der Waals surface area contributed by atoms with E-state index in [4.69, 9.17) is 4.74 Å². The van der Waals surface area contributed by atoms with E-state index in [9.17, 15) is 18.4 Å². The van der Waals surface area contributed by atoms with Gasteiger partial charge in [0.15, 0.2) is 0 Å². The Labute approximate surface area is 190 Å². The van der Waals surface area contributed by atoms with Gasteiger partial charge in [0.25, 0.3) is 0 Å². The molecule has 1 aliphatic rings. The van der Waals surface area contributed by atoms with Crippen LogP contribution in [0.15, 0.2) is 48.5 Å². The van der Waals surface area contributed by atoms with Crippen molar-refractivity contribution >= 4 is 16.4 Å². The van der Waals surface area contributed by atoms with Gasteiger partial charge in [-0.3, -0.25) is 10.0 Å². The van der Waals surface area contributed by atoms with E-state index in [1.807, 2.05) is 6.07 Å². The number of hydrogen-bond acceptors (Lipinski definition) is 5. The Balaban J connectivity index is 1.52. The maximum absolute atomic E-state index is 12.9. The lowest BCUT2D eigenvalue weighted by Gasteiger charge is -2.32. The van der Waals surface area contributed by atoms with Crippen molar-refractivity contribution in [1.29, 1.82) is 0 Å². The molecule has 174 valence electrons. The van der Waals surface area contributed by atoms with Crippen molar-refractivity contribution in [3.8, 4) is 0 Å². The van der Waals surface area contributed by atoms with E-state index >= 15 is 0 Å². The summed E-state index contributed by atoms with van der Waals surface area (Å²) < 4.78 is 33.4. The van der Waals surface area contributed by atoms with Gasteiger partial charge in [-0.2, -0.15) is 0 Å². The number of rotatable bonds is 10.